The summed E-state index contributed by atoms with van der Waals surface area (Å²) < 4.78 is 29.2. The van der Waals surface area contributed by atoms with Crippen molar-refractivity contribution in [1.29, 1.82) is 0 Å². The molecule has 0 saturated carbocycles. The van der Waals surface area contributed by atoms with Gasteiger partial charge < -0.3 is 0 Å². The van der Waals surface area contributed by atoms with Crippen LogP contribution in [0.4, 0.5) is 0 Å². The SMILES string of the molecule is Cc1cscc1-c1ccc(S(=O)(=O)NCc2cn(C)nc2C)cc1. The van der Waals surface area contributed by atoms with Gasteiger partial charge >= 0.3 is 0 Å². The highest BCUT2D eigenvalue weighted by molar-refractivity contribution is 7.89. The first-order chi connectivity index (χ1) is 11.4. The molecule has 3 rings (SSSR count). The highest BCUT2D eigenvalue weighted by Gasteiger charge is 2.15. The summed E-state index contributed by atoms with van der Waals surface area (Å²) in [5, 5.41) is 8.37. The van der Waals surface area contributed by atoms with Crippen molar-refractivity contribution in [3.63, 3.8) is 0 Å². The molecule has 5 nitrogen and oxygen atoms in total. The van der Waals surface area contributed by atoms with Gasteiger partial charge in [0.2, 0.25) is 10.0 Å². The fraction of sp³-hybridized carbons (Fsp3) is 0.235. The lowest BCUT2D eigenvalue weighted by atomic mass is 10.1. The molecular weight excluding hydrogens is 342 g/mol. The van der Waals surface area contributed by atoms with Crippen molar-refractivity contribution in [2.75, 3.05) is 0 Å². The summed E-state index contributed by atoms with van der Waals surface area (Å²) in [6.45, 7) is 4.14. The van der Waals surface area contributed by atoms with Crippen molar-refractivity contribution in [2.45, 2.75) is 25.3 Å². The lowest BCUT2D eigenvalue weighted by Crippen LogP contribution is -2.23. The van der Waals surface area contributed by atoms with Gasteiger partial charge in [0.15, 0.2) is 0 Å². The van der Waals surface area contributed by atoms with E-state index in [9.17, 15) is 8.42 Å². The zero-order chi connectivity index (χ0) is 17.3. The zero-order valence-corrected chi connectivity index (χ0v) is 15.4. The minimum Gasteiger partial charge on any atom is -0.275 e. The largest absolute Gasteiger partial charge is 0.275 e. The Hall–Kier alpha value is -1.96. The summed E-state index contributed by atoms with van der Waals surface area (Å²) >= 11 is 1.64. The lowest BCUT2D eigenvalue weighted by Gasteiger charge is -2.07. The predicted molar refractivity (Wildman–Crippen MR) is 96.5 cm³/mol. The van der Waals surface area contributed by atoms with Gasteiger partial charge in [0.25, 0.3) is 0 Å². The van der Waals surface area contributed by atoms with Crippen molar-refractivity contribution in [2.24, 2.45) is 7.05 Å². The van der Waals surface area contributed by atoms with Crippen LogP contribution in [0.15, 0.2) is 46.1 Å². The van der Waals surface area contributed by atoms with E-state index in [4.69, 9.17) is 0 Å². The molecule has 0 fully saturated rings. The quantitative estimate of drug-likeness (QED) is 0.759. The minimum atomic E-state index is -3.55. The van der Waals surface area contributed by atoms with Crippen molar-refractivity contribution < 1.29 is 8.42 Å². The molecule has 0 aliphatic rings. The van der Waals surface area contributed by atoms with Crippen LogP contribution in [0.2, 0.25) is 0 Å². The first kappa shape index (κ1) is 16.9. The van der Waals surface area contributed by atoms with Crippen molar-refractivity contribution >= 4 is 21.4 Å². The van der Waals surface area contributed by atoms with Gasteiger partial charge in [-0.3, -0.25) is 4.68 Å². The van der Waals surface area contributed by atoms with Crippen LogP contribution in [-0.2, 0) is 23.6 Å². The Morgan fingerprint density at radius 2 is 1.88 bits per heavy atom. The standard InChI is InChI=1S/C17H19N3O2S2/c1-12-10-23-11-17(12)14-4-6-16(7-5-14)24(21,22)18-8-15-9-20(3)19-13(15)2/h4-7,9-11,18H,8H2,1-3H3. The maximum absolute atomic E-state index is 12.5. The monoisotopic (exact) mass is 361 g/mol. The summed E-state index contributed by atoms with van der Waals surface area (Å²) in [7, 11) is -1.73. The van der Waals surface area contributed by atoms with Crippen LogP contribution in [0, 0.1) is 13.8 Å². The minimum absolute atomic E-state index is 0.230. The second-order valence-electron chi connectivity index (χ2n) is 5.73. The van der Waals surface area contributed by atoms with Gasteiger partial charge in [0.05, 0.1) is 10.6 Å². The maximum atomic E-state index is 12.5. The molecule has 0 saturated heterocycles. The molecule has 0 radical (unpaired) electrons. The number of rotatable bonds is 5. The molecular formula is C17H19N3O2S2. The third-order valence-electron chi connectivity index (χ3n) is 3.90. The molecule has 0 spiro atoms. The molecule has 1 aromatic carbocycles. The molecule has 0 bridgehead atoms. The van der Waals surface area contributed by atoms with Crippen molar-refractivity contribution in [1.82, 2.24) is 14.5 Å². The van der Waals surface area contributed by atoms with Gasteiger partial charge in [-0.15, -0.1) is 0 Å². The lowest BCUT2D eigenvalue weighted by molar-refractivity contribution is 0.581. The number of aryl methyl sites for hydroxylation is 3. The first-order valence-electron chi connectivity index (χ1n) is 7.49. The molecule has 0 aliphatic heterocycles. The van der Waals surface area contributed by atoms with E-state index in [1.165, 1.54) is 5.56 Å². The maximum Gasteiger partial charge on any atom is 0.240 e. The van der Waals surface area contributed by atoms with Crippen LogP contribution in [0.25, 0.3) is 11.1 Å². The topological polar surface area (TPSA) is 64.0 Å². The molecule has 126 valence electrons. The summed E-state index contributed by atoms with van der Waals surface area (Å²) in [4.78, 5) is 0.265. The number of hydrogen-bond donors (Lipinski definition) is 1. The zero-order valence-electron chi connectivity index (χ0n) is 13.8. The molecule has 24 heavy (non-hydrogen) atoms. The molecule has 0 atom stereocenters. The average molecular weight is 361 g/mol. The second kappa shape index (κ2) is 6.51. The number of aromatic nitrogens is 2. The molecule has 2 heterocycles. The Bertz CT molecular complexity index is 954. The molecule has 7 heteroatoms. The molecule has 3 aromatic rings. The normalized spacial score (nSPS) is 11.8. The van der Waals surface area contributed by atoms with Gasteiger partial charge in [0, 0.05) is 25.4 Å². The summed E-state index contributed by atoms with van der Waals surface area (Å²) in [5.74, 6) is 0. The molecule has 2 aromatic heterocycles. The van der Waals surface area contributed by atoms with E-state index in [2.05, 4.69) is 20.6 Å². The van der Waals surface area contributed by atoms with E-state index in [0.29, 0.717) is 0 Å². The van der Waals surface area contributed by atoms with E-state index in [-0.39, 0.29) is 11.4 Å². The Labute approximate surface area is 146 Å². The van der Waals surface area contributed by atoms with Crippen molar-refractivity contribution in [3.8, 4) is 11.1 Å². The fourth-order valence-corrected chi connectivity index (χ4v) is 4.41. The van der Waals surface area contributed by atoms with Crippen LogP contribution in [-0.4, -0.2) is 18.2 Å². The third-order valence-corrected chi connectivity index (χ3v) is 6.18. The van der Waals surface area contributed by atoms with Gasteiger partial charge in [-0.1, -0.05) is 12.1 Å². The second-order valence-corrected chi connectivity index (χ2v) is 8.24. The van der Waals surface area contributed by atoms with Crippen LogP contribution in [0.1, 0.15) is 16.8 Å². The van der Waals surface area contributed by atoms with E-state index < -0.39 is 10.0 Å². The average Bonchev–Trinajstić information content (AvgIpc) is 3.10. The summed E-state index contributed by atoms with van der Waals surface area (Å²) in [6, 6.07) is 6.98. The van der Waals surface area contributed by atoms with E-state index in [0.717, 1.165) is 22.4 Å². The first-order valence-corrected chi connectivity index (χ1v) is 9.91. The summed E-state index contributed by atoms with van der Waals surface area (Å²) in [5.41, 5.74) is 5.05. The van der Waals surface area contributed by atoms with E-state index in [1.807, 2.05) is 39.2 Å². The third kappa shape index (κ3) is 3.43. The Morgan fingerprint density at radius 1 is 1.17 bits per heavy atom. The van der Waals surface area contributed by atoms with Gasteiger partial charge in [-0.25, -0.2) is 13.1 Å². The molecule has 0 aliphatic carbocycles. The van der Waals surface area contributed by atoms with Gasteiger partial charge in [-0.2, -0.15) is 16.4 Å². The highest BCUT2D eigenvalue weighted by atomic mass is 32.2. The van der Waals surface area contributed by atoms with Gasteiger partial charge in [0.1, 0.15) is 0 Å². The highest BCUT2D eigenvalue weighted by Crippen LogP contribution is 2.27. The van der Waals surface area contributed by atoms with Crippen LogP contribution >= 0.6 is 11.3 Å². The number of benzene rings is 1. The number of hydrogen-bond acceptors (Lipinski definition) is 4. The van der Waals surface area contributed by atoms with Crippen molar-refractivity contribution in [3.05, 3.63) is 58.0 Å². The Balaban J connectivity index is 1.77. The Kier molecular flexibility index (Phi) is 4.58. The van der Waals surface area contributed by atoms with E-state index >= 15 is 0 Å². The molecule has 1 N–H and O–H groups in total. The fourth-order valence-electron chi connectivity index (χ4n) is 2.55. The molecule has 0 unspecified atom stereocenters. The number of thiophene rings is 1. The summed E-state index contributed by atoms with van der Waals surface area (Å²) in [6.07, 6.45) is 1.82. The van der Waals surface area contributed by atoms with Crippen LogP contribution < -0.4 is 4.72 Å². The molecule has 0 amide bonds. The predicted octanol–water partition coefficient (Wildman–Crippen LogP) is 3.24. The smallest absolute Gasteiger partial charge is 0.240 e. The Morgan fingerprint density at radius 3 is 2.42 bits per heavy atom. The van der Waals surface area contributed by atoms with Gasteiger partial charge in [-0.05, 0) is 53.4 Å². The number of sulfonamides is 1. The number of nitrogens with one attached hydrogen (secondary N) is 1. The van der Waals surface area contributed by atoms with Crippen LogP contribution in [0.3, 0.4) is 0 Å². The number of nitrogens with zero attached hydrogens (tertiary/aromatic N) is 2. The van der Waals surface area contributed by atoms with E-state index in [1.54, 1.807) is 28.2 Å². The van der Waals surface area contributed by atoms with Crippen LogP contribution in [0.5, 0.6) is 0 Å².